The van der Waals surface area contributed by atoms with Crippen LogP contribution >= 0.6 is 0 Å². The summed E-state index contributed by atoms with van der Waals surface area (Å²) in [7, 11) is 0. The summed E-state index contributed by atoms with van der Waals surface area (Å²) in [4.78, 5) is 4.10. The van der Waals surface area contributed by atoms with Crippen molar-refractivity contribution in [1.29, 1.82) is 0 Å². The third-order valence-electron chi connectivity index (χ3n) is 2.42. The molecule has 0 aromatic carbocycles. The second kappa shape index (κ2) is 3.96. The number of rotatable bonds is 3. The van der Waals surface area contributed by atoms with Crippen LogP contribution < -0.4 is 11.5 Å². The van der Waals surface area contributed by atoms with Crippen molar-refractivity contribution in [2.24, 2.45) is 5.73 Å². The van der Waals surface area contributed by atoms with Crippen LogP contribution in [0.3, 0.4) is 0 Å². The van der Waals surface area contributed by atoms with Crippen molar-refractivity contribution in [3.63, 3.8) is 0 Å². The Morgan fingerprint density at radius 1 is 1.50 bits per heavy atom. The van der Waals surface area contributed by atoms with E-state index in [9.17, 15) is 0 Å². The Hall–Kier alpha value is -1.09. The monoisotopic (exact) mass is 193 g/mol. The average molecular weight is 193 g/mol. The van der Waals surface area contributed by atoms with Crippen LogP contribution in [-0.4, -0.2) is 11.0 Å². The summed E-state index contributed by atoms with van der Waals surface area (Å²) in [5, 5.41) is 0. The Morgan fingerprint density at radius 3 is 2.64 bits per heavy atom. The fourth-order valence-electron chi connectivity index (χ4n) is 1.89. The molecule has 1 aromatic rings. The fraction of sp³-hybridized carbons (Fsp3) is 0.545. The second-order valence-electron chi connectivity index (χ2n) is 4.53. The van der Waals surface area contributed by atoms with Gasteiger partial charge in [0.25, 0.3) is 0 Å². The Labute approximate surface area is 85.5 Å². The van der Waals surface area contributed by atoms with Gasteiger partial charge in [0, 0.05) is 24.1 Å². The van der Waals surface area contributed by atoms with Crippen molar-refractivity contribution >= 4 is 5.69 Å². The molecule has 3 nitrogen and oxygen atoms in total. The van der Waals surface area contributed by atoms with Gasteiger partial charge in [-0.3, -0.25) is 4.98 Å². The molecule has 4 N–H and O–H groups in total. The lowest BCUT2D eigenvalue weighted by atomic mass is 9.79. The number of aromatic nitrogens is 1. The van der Waals surface area contributed by atoms with Crippen molar-refractivity contribution in [2.75, 3.05) is 5.73 Å². The molecular formula is C11H19N3. The number of anilines is 1. The quantitative estimate of drug-likeness (QED) is 0.767. The van der Waals surface area contributed by atoms with E-state index in [0.29, 0.717) is 0 Å². The maximum absolute atomic E-state index is 5.90. The number of nitrogen functional groups attached to an aromatic ring is 1. The second-order valence-corrected chi connectivity index (χ2v) is 4.53. The summed E-state index contributed by atoms with van der Waals surface area (Å²) < 4.78 is 0. The van der Waals surface area contributed by atoms with Crippen molar-refractivity contribution in [3.05, 3.63) is 24.0 Å². The highest BCUT2D eigenvalue weighted by Gasteiger charge is 2.24. The molecule has 0 fully saturated rings. The van der Waals surface area contributed by atoms with Crippen LogP contribution in [0.4, 0.5) is 5.69 Å². The van der Waals surface area contributed by atoms with E-state index in [1.54, 1.807) is 6.20 Å². The van der Waals surface area contributed by atoms with Gasteiger partial charge < -0.3 is 11.5 Å². The molecule has 1 heterocycles. The molecule has 0 aliphatic carbocycles. The number of nitrogens with zero attached hydrogens (tertiary/aromatic N) is 1. The van der Waals surface area contributed by atoms with Crippen molar-refractivity contribution in [3.8, 4) is 0 Å². The Kier molecular flexibility index (Phi) is 3.11. The molecule has 0 saturated carbocycles. The molecule has 14 heavy (non-hydrogen) atoms. The molecule has 1 unspecified atom stereocenters. The molecular weight excluding hydrogens is 174 g/mol. The molecule has 3 heteroatoms. The molecule has 1 rings (SSSR count). The van der Waals surface area contributed by atoms with E-state index in [0.717, 1.165) is 17.7 Å². The van der Waals surface area contributed by atoms with Gasteiger partial charge in [-0.05, 0) is 30.4 Å². The summed E-state index contributed by atoms with van der Waals surface area (Å²) in [5.74, 6) is 0. The highest BCUT2D eigenvalue weighted by atomic mass is 14.7. The predicted molar refractivity (Wildman–Crippen MR) is 59.9 cm³/mol. The van der Waals surface area contributed by atoms with E-state index in [1.165, 1.54) is 0 Å². The fourth-order valence-corrected chi connectivity index (χ4v) is 1.89. The first-order valence-corrected chi connectivity index (χ1v) is 4.89. The standard InChI is InChI=1S/C11H19N3/c1-8(12)6-11(2,3)9-7-14-5-4-10(9)13/h4-5,7-8H,6,12H2,1-3H3,(H2,13,14). The maximum Gasteiger partial charge on any atom is 0.0383 e. The Morgan fingerprint density at radius 2 is 2.14 bits per heavy atom. The van der Waals surface area contributed by atoms with E-state index in [2.05, 4.69) is 18.8 Å². The van der Waals surface area contributed by atoms with Crippen LogP contribution in [0.25, 0.3) is 0 Å². The zero-order chi connectivity index (χ0) is 10.8. The summed E-state index contributed by atoms with van der Waals surface area (Å²) in [5.41, 5.74) is 13.6. The molecule has 78 valence electrons. The summed E-state index contributed by atoms with van der Waals surface area (Å²) in [6.07, 6.45) is 4.45. The van der Waals surface area contributed by atoms with E-state index in [4.69, 9.17) is 11.5 Å². The van der Waals surface area contributed by atoms with E-state index >= 15 is 0 Å². The number of hydrogen-bond donors (Lipinski definition) is 2. The summed E-state index contributed by atoms with van der Waals surface area (Å²) >= 11 is 0. The topological polar surface area (TPSA) is 64.9 Å². The van der Waals surface area contributed by atoms with Crippen molar-refractivity contribution in [2.45, 2.75) is 38.6 Å². The number of hydrogen-bond acceptors (Lipinski definition) is 3. The van der Waals surface area contributed by atoms with Crippen LogP contribution in [0.15, 0.2) is 18.5 Å². The zero-order valence-electron chi connectivity index (χ0n) is 9.12. The molecule has 1 aromatic heterocycles. The van der Waals surface area contributed by atoms with Gasteiger partial charge in [-0.2, -0.15) is 0 Å². The van der Waals surface area contributed by atoms with Gasteiger partial charge in [-0.1, -0.05) is 13.8 Å². The first-order chi connectivity index (χ1) is 6.43. The predicted octanol–water partition coefficient (Wildman–Crippen LogP) is 1.68. The molecule has 0 aliphatic rings. The van der Waals surface area contributed by atoms with Gasteiger partial charge in [0.2, 0.25) is 0 Å². The van der Waals surface area contributed by atoms with Crippen LogP contribution in [0, 0.1) is 0 Å². The largest absolute Gasteiger partial charge is 0.398 e. The number of nitrogens with two attached hydrogens (primary N) is 2. The molecule has 0 radical (unpaired) electrons. The average Bonchev–Trinajstić information content (AvgIpc) is 2.02. The first-order valence-electron chi connectivity index (χ1n) is 4.89. The van der Waals surface area contributed by atoms with Gasteiger partial charge in [-0.15, -0.1) is 0 Å². The lowest BCUT2D eigenvalue weighted by Gasteiger charge is -2.27. The molecule has 1 atom stereocenters. The first kappa shape index (κ1) is 11.0. The normalized spacial score (nSPS) is 14.0. The molecule has 0 bridgehead atoms. The molecule has 0 saturated heterocycles. The van der Waals surface area contributed by atoms with E-state index in [-0.39, 0.29) is 11.5 Å². The molecule has 0 amide bonds. The Balaban J connectivity index is 2.97. The molecule has 0 aliphatic heterocycles. The van der Waals surface area contributed by atoms with E-state index < -0.39 is 0 Å². The lowest BCUT2D eigenvalue weighted by molar-refractivity contribution is 0.437. The lowest BCUT2D eigenvalue weighted by Crippen LogP contribution is -2.29. The van der Waals surface area contributed by atoms with Gasteiger partial charge in [0.15, 0.2) is 0 Å². The van der Waals surface area contributed by atoms with Gasteiger partial charge in [0.05, 0.1) is 0 Å². The van der Waals surface area contributed by atoms with Gasteiger partial charge >= 0.3 is 0 Å². The van der Waals surface area contributed by atoms with Gasteiger partial charge in [-0.25, -0.2) is 0 Å². The SMILES string of the molecule is CC(N)CC(C)(C)c1cnccc1N. The van der Waals surface area contributed by atoms with Crippen molar-refractivity contribution < 1.29 is 0 Å². The summed E-state index contributed by atoms with van der Waals surface area (Å²) in [6.45, 7) is 6.29. The smallest absolute Gasteiger partial charge is 0.0383 e. The zero-order valence-corrected chi connectivity index (χ0v) is 9.12. The number of pyridine rings is 1. The minimum absolute atomic E-state index is 0.00743. The minimum Gasteiger partial charge on any atom is -0.398 e. The summed E-state index contributed by atoms with van der Waals surface area (Å²) in [6, 6.07) is 2.00. The van der Waals surface area contributed by atoms with Crippen molar-refractivity contribution in [1.82, 2.24) is 4.98 Å². The Bertz CT molecular complexity index is 305. The van der Waals surface area contributed by atoms with Crippen LogP contribution in [0.1, 0.15) is 32.8 Å². The van der Waals surface area contributed by atoms with Crippen LogP contribution in [0.5, 0.6) is 0 Å². The highest BCUT2D eigenvalue weighted by Crippen LogP contribution is 2.31. The minimum atomic E-state index is -0.00743. The third-order valence-corrected chi connectivity index (χ3v) is 2.42. The van der Waals surface area contributed by atoms with Crippen LogP contribution in [0.2, 0.25) is 0 Å². The van der Waals surface area contributed by atoms with E-state index in [1.807, 2.05) is 19.2 Å². The maximum atomic E-state index is 5.90. The third kappa shape index (κ3) is 2.45. The van der Waals surface area contributed by atoms with Gasteiger partial charge in [0.1, 0.15) is 0 Å². The van der Waals surface area contributed by atoms with Crippen LogP contribution in [-0.2, 0) is 5.41 Å². The highest BCUT2D eigenvalue weighted by molar-refractivity contribution is 5.48. The molecule has 0 spiro atoms.